The van der Waals surface area contributed by atoms with Gasteiger partial charge < -0.3 is 4.74 Å². The highest BCUT2D eigenvalue weighted by molar-refractivity contribution is 8.37. The van der Waals surface area contributed by atoms with E-state index < -0.39 is 10.0 Å². The number of ether oxygens (including phenoxy) is 1. The van der Waals surface area contributed by atoms with E-state index >= 15 is 0 Å². The van der Waals surface area contributed by atoms with Gasteiger partial charge in [-0.05, 0) is 110 Å². The van der Waals surface area contributed by atoms with Crippen molar-refractivity contribution in [3.05, 3.63) is 105 Å². The molecule has 0 N–H and O–H groups in total. The van der Waals surface area contributed by atoms with Crippen molar-refractivity contribution in [3.63, 3.8) is 0 Å². The minimum Gasteiger partial charge on any atom is -0.493 e. The third-order valence-corrected chi connectivity index (χ3v) is 16.0. The van der Waals surface area contributed by atoms with E-state index in [0.29, 0.717) is 16.4 Å². The van der Waals surface area contributed by atoms with Crippen LogP contribution in [0.1, 0.15) is 96.3 Å². The number of rotatable bonds is 7. The fraction of sp³-hybridized carbons (Fsp3) is 0.538. The molecule has 0 aromatic carbocycles. The zero-order chi connectivity index (χ0) is 27.6. The van der Waals surface area contributed by atoms with Crippen molar-refractivity contribution in [2.45, 2.75) is 107 Å². The van der Waals surface area contributed by atoms with Gasteiger partial charge >= 0.3 is 0 Å². The minimum absolute atomic E-state index is 0.615. The monoisotopic (exact) mass is 566 g/mol. The van der Waals surface area contributed by atoms with Crippen molar-refractivity contribution in [1.29, 1.82) is 0 Å². The second kappa shape index (κ2) is 12.2. The first-order valence-electron chi connectivity index (χ1n) is 16.8. The molecule has 0 aromatic heterocycles. The number of hydrogen-bond donors (Lipinski definition) is 0. The van der Waals surface area contributed by atoms with E-state index in [1.54, 1.807) is 21.6 Å². The number of allylic oxidation sites excluding steroid dienone is 14. The molecule has 4 atom stereocenters. The second-order valence-corrected chi connectivity index (χ2v) is 17.4. The first-order valence-corrected chi connectivity index (χ1v) is 19.0. The molecule has 1 fully saturated rings. The fourth-order valence-corrected chi connectivity index (χ4v) is 13.2. The molecule has 0 aromatic rings. The molecule has 0 bridgehead atoms. The molecule has 41 heavy (non-hydrogen) atoms. The van der Waals surface area contributed by atoms with E-state index in [9.17, 15) is 0 Å². The molecule has 4 unspecified atom stereocenters. The number of hydrogen-bond acceptors (Lipinski definition) is 1. The Labute approximate surface area is 251 Å². The smallest absolute Gasteiger partial charge is 0.122 e. The van der Waals surface area contributed by atoms with Crippen LogP contribution < -0.4 is 0 Å². The normalized spacial score (nSPS) is 31.8. The highest BCUT2D eigenvalue weighted by Gasteiger charge is 2.44. The lowest BCUT2D eigenvalue weighted by atomic mass is 9.84. The summed E-state index contributed by atoms with van der Waals surface area (Å²) in [5.74, 6) is 2.79. The van der Waals surface area contributed by atoms with Crippen molar-refractivity contribution >= 4 is 10.0 Å². The molecule has 7 aliphatic rings. The Hall–Kier alpha value is -2.19. The van der Waals surface area contributed by atoms with Crippen LogP contribution in [0, 0.1) is 11.8 Å². The van der Waals surface area contributed by atoms with Crippen LogP contribution in [0.5, 0.6) is 0 Å². The van der Waals surface area contributed by atoms with Gasteiger partial charge in [-0.1, -0.05) is 98.4 Å². The van der Waals surface area contributed by atoms with E-state index in [4.69, 9.17) is 4.74 Å². The molecular weight excluding hydrogens is 516 g/mol. The Kier molecular flexibility index (Phi) is 8.22. The van der Waals surface area contributed by atoms with Crippen molar-refractivity contribution in [3.8, 4) is 0 Å². The molecule has 0 heterocycles. The van der Waals surface area contributed by atoms with Gasteiger partial charge in [0.2, 0.25) is 0 Å². The highest BCUT2D eigenvalue weighted by Crippen LogP contribution is 2.69. The topological polar surface area (TPSA) is 9.23 Å². The summed E-state index contributed by atoms with van der Waals surface area (Å²) in [7, 11) is -1.12. The lowest BCUT2D eigenvalue weighted by Crippen LogP contribution is -2.34. The average molecular weight is 567 g/mol. The minimum atomic E-state index is -1.12. The Morgan fingerprint density at radius 2 is 1.71 bits per heavy atom. The molecule has 2 heteroatoms. The molecule has 0 spiro atoms. The van der Waals surface area contributed by atoms with E-state index in [2.05, 4.69) is 73.1 Å². The highest BCUT2D eigenvalue weighted by atomic mass is 32.3. The van der Waals surface area contributed by atoms with Gasteiger partial charge in [-0.25, -0.2) is 10.0 Å². The van der Waals surface area contributed by atoms with Crippen molar-refractivity contribution in [1.82, 2.24) is 0 Å². The van der Waals surface area contributed by atoms with Gasteiger partial charge in [0.15, 0.2) is 0 Å². The quantitative estimate of drug-likeness (QED) is 0.298. The summed E-state index contributed by atoms with van der Waals surface area (Å²) in [6.45, 7) is 0.889. The maximum atomic E-state index is 6.65. The largest absolute Gasteiger partial charge is 0.493 e. The Balaban J connectivity index is 1.20. The summed E-state index contributed by atoms with van der Waals surface area (Å²) < 4.78 is 6.65. The summed E-state index contributed by atoms with van der Waals surface area (Å²) in [6.07, 6.45) is 49.2. The van der Waals surface area contributed by atoms with Crippen LogP contribution in [-0.4, -0.2) is 23.4 Å². The number of fused-ring (bicyclic) bond motifs is 1. The zero-order valence-electron chi connectivity index (χ0n) is 25.3. The molecule has 0 saturated heterocycles. The van der Waals surface area contributed by atoms with Crippen molar-refractivity contribution in [2.75, 3.05) is 12.9 Å². The maximum absolute atomic E-state index is 6.65. The Morgan fingerprint density at radius 1 is 0.854 bits per heavy atom. The predicted octanol–water partition coefficient (Wildman–Crippen LogP) is 10.9. The average Bonchev–Trinajstić information content (AvgIpc) is 3.04. The summed E-state index contributed by atoms with van der Waals surface area (Å²) >= 11 is 0. The molecule has 1 saturated carbocycles. The fourth-order valence-electron chi connectivity index (χ4n) is 8.79. The van der Waals surface area contributed by atoms with Gasteiger partial charge in [-0.15, -0.1) is 0 Å². The molecule has 1 nitrogen and oxygen atoms in total. The van der Waals surface area contributed by atoms with Crippen LogP contribution in [0.25, 0.3) is 0 Å². The van der Waals surface area contributed by atoms with Gasteiger partial charge in [-0.3, -0.25) is 0 Å². The first-order chi connectivity index (χ1) is 20.2. The van der Waals surface area contributed by atoms with E-state index in [1.165, 1.54) is 107 Å². The summed E-state index contributed by atoms with van der Waals surface area (Å²) in [4.78, 5) is 1.79. The van der Waals surface area contributed by atoms with E-state index in [1.807, 2.05) is 0 Å². The SMILES string of the molecule is CS(C1=CC=C2C=CCCC2C1)(C1C=CC2=C(CCC=C2)C1)C1CC=C(OCCC2CCCCC2)C2=C1CCC=C2. The third-order valence-electron chi connectivity index (χ3n) is 11.3. The van der Waals surface area contributed by atoms with Crippen LogP contribution in [-0.2, 0) is 4.74 Å². The first kappa shape index (κ1) is 27.6. The van der Waals surface area contributed by atoms with Crippen molar-refractivity contribution in [2.24, 2.45) is 11.8 Å². The van der Waals surface area contributed by atoms with Gasteiger partial charge in [0.1, 0.15) is 5.76 Å². The summed E-state index contributed by atoms with van der Waals surface area (Å²) in [5, 5.41) is 1.24. The second-order valence-electron chi connectivity index (χ2n) is 13.6. The predicted molar refractivity (Wildman–Crippen MR) is 178 cm³/mol. The molecule has 0 aliphatic heterocycles. The van der Waals surface area contributed by atoms with Crippen LogP contribution in [0.2, 0.25) is 0 Å². The van der Waals surface area contributed by atoms with Crippen molar-refractivity contribution < 1.29 is 4.74 Å². The van der Waals surface area contributed by atoms with E-state index in [0.717, 1.165) is 18.9 Å². The molecule has 0 radical (unpaired) electrons. The summed E-state index contributed by atoms with van der Waals surface area (Å²) in [5.41, 5.74) is 7.95. The third kappa shape index (κ3) is 5.51. The van der Waals surface area contributed by atoms with Crippen LogP contribution in [0.3, 0.4) is 0 Å². The molecule has 7 aliphatic carbocycles. The van der Waals surface area contributed by atoms with Crippen LogP contribution >= 0.6 is 10.0 Å². The molecule has 218 valence electrons. The lowest BCUT2D eigenvalue weighted by Gasteiger charge is -2.54. The Bertz CT molecular complexity index is 1300. The standard InChI is InChI=1S/C39H50OS/c1-41(34-21-19-30-13-5-7-15-32(30)27-34,35-22-20-31-14-6-8-16-33(31)28-35)39-24-23-38(36-17-9-10-18-37(36)39)40-26-25-29-11-3-2-4-12-29/h5-6,9,13-14,17,19-23,29,32,35,39H,2-4,7-8,10-12,15-16,18,24-28H2,1H3. The summed E-state index contributed by atoms with van der Waals surface area (Å²) in [6, 6.07) is 0. The lowest BCUT2D eigenvalue weighted by molar-refractivity contribution is 0.181. The molecular formula is C39H50OS. The Morgan fingerprint density at radius 3 is 2.63 bits per heavy atom. The van der Waals surface area contributed by atoms with Gasteiger partial charge in [0.25, 0.3) is 0 Å². The maximum Gasteiger partial charge on any atom is 0.122 e. The van der Waals surface area contributed by atoms with Gasteiger partial charge in [-0.2, -0.15) is 0 Å². The van der Waals surface area contributed by atoms with Crippen LogP contribution in [0.4, 0.5) is 0 Å². The van der Waals surface area contributed by atoms with Gasteiger partial charge in [0.05, 0.1) is 6.61 Å². The van der Waals surface area contributed by atoms with Crippen LogP contribution in [0.15, 0.2) is 105 Å². The molecule has 0 amide bonds. The molecule has 7 rings (SSSR count). The van der Waals surface area contributed by atoms with Gasteiger partial charge in [0, 0.05) is 16.1 Å². The van der Waals surface area contributed by atoms with E-state index in [-0.39, 0.29) is 0 Å². The zero-order valence-corrected chi connectivity index (χ0v) is 26.1.